The van der Waals surface area contributed by atoms with E-state index >= 15 is 0 Å². The molecule has 1 aromatic carbocycles. The number of carbonyl (C=O) groups excluding carboxylic acids is 1. The predicted molar refractivity (Wildman–Crippen MR) is 73.4 cm³/mol. The molecule has 2 amide bonds. The third-order valence-electron chi connectivity index (χ3n) is 2.38. The Hall–Kier alpha value is -1.77. The van der Waals surface area contributed by atoms with Gasteiger partial charge in [-0.2, -0.15) is 13.2 Å². The summed E-state index contributed by atoms with van der Waals surface area (Å²) >= 11 is 3.11. The number of urea groups is 1. The molecule has 1 unspecified atom stereocenters. The van der Waals surface area contributed by atoms with Gasteiger partial charge in [0.1, 0.15) is 0 Å². The molecule has 0 saturated heterocycles. The summed E-state index contributed by atoms with van der Waals surface area (Å²) in [7, 11) is 0. The third-order valence-corrected chi connectivity index (χ3v) is 3.07. The second kappa shape index (κ2) is 6.79. The number of amides is 2. The van der Waals surface area contributed by atoms with Crippen LogP contribution in [0.25, 0.3) is 0 Å². The molecule has 1 aromatic rings. The summed E-state index contributed by atoms with van der Waals surface area (Å²) in [5.74, 6) is -1.18. The molecule has 0 fully saturated rings. The third kappa shape index (κ3) is 6.03. The molecule has 0 aliphatic rings. The van der Waals surface area contributed by atoms with Gasteiger partial charge in [0.25, 0.3) is 0 Å². The molecule has 0 aromatic heterocycles. The molecule has 0 radical (unpaired) electrons. The highest BCUT2D eigenvalue weighted by Crippen LogP contribution is 2.24. The second-order valence-corrected chi connectivity index (χ2v) is 5.17. The smallest absolute Gasteiger partial charge is 0.391 e. The van der Waals surface area contributed by atoms with Gasteiger partial charge in [-0.3, -0.25) is 0 Å². The van der Waals surface area contributed by atoms with E-state index in [1.165, 1.54) is 25.1 Å². The lowest BCUT2D eigenvalue weighted by Gasteiger charge is -2.16. The Morgan fingerprint density at radius 3 is 2.52 bits per heavy atom. The summed E-state index contributed by atoms with van der Waals surface area (Å²) < 4.78 is 36.8. The van der Waals surface area contributed by atoms with Crippen molar-refractivity contribution in [2.75, 3.05) is 5.32 Å². The van der Waals surface area contributed by atoms with Gasteiger partial charge in [-0.05, 0) is 41.1 Å². The Labute approximate surface area is 126 Å². The first-order valence-corrected chi connectivity index (χ1v) is 6.55. The average Bonchev–Trinajstić information content (AvgIpc) is 2.28. The molecule has 9 heteroatoms. The Morgan fingerprint density at radius 2 is 2.00 bits per heavy atom. The van der Waals surface area contributed by atoms with Crippen molar-refractivity contribution in [3.05, 3.63) is 28.2 Å². The highest BCUT2D eigenvalue weighted by molar-refractivity contribution is 9.10. The quantitative estimate of drug-likeness (QED) is 0.759. The maximum absolute atomic E-state index is 12.1. The molecule has 1 rings (SSSR count). The van der Waals surface area contributed by atoms with Gasteiger partial charge in [0.15, 0.2) is 0 Å². The van der Waals surface area contributed by atoms with Crippen molar-refractivity contribution in [2.45, 2.75) is 25.6 Å². The van der Waals surface area contributed by atoms with Gasteiger partial charge in [0.2, 0.25) is 0 Å². The average molecular weight is 369 g/mol. The van der Waals surface area contributed by atoms with E-state index in [4.69, 9.17) is 5.11 Å². The first kappa shape index (κ1) is 17.3. The Kier molecular flexibility index (Phi) is 5.59. The van der Waals surface area contributed by atoms with Crippen molar-refractivity contribution in [1.82, 2.24) is 5.32 Å². The topological polar surface area (TPSA) is 78.4 Å². The first-order chi connectivity index (χ1) is 9.58. The number of rotatable bonds is 4. The maximum Gasteiger partial charge on any atom is 0.391 e. The van der Waals surface area contributed by atoms with Gasteiger partial charge in [-0.25, -0.2) is 9.59 Å². The van der Waals surface area contributed by atoms with E-state index in [0.29, 0.717) is 4.47 Å². The highest BCUT2D eigenvalue weighted by Gasteiger charge is 2.30. The molecular formula is C12H12BrF3N2O3. The zero-order valence-electron chi connectivity index (χ0n) is 10.8. The molecule has 0 aliphatic heterocycles. The van der Waals surface area contributed by atoms with Crippen LogP contribution in [0.3, 0.4) is 0 Å². The van der Waals surface area contributed by atoms with Crippen LogP contribution < -0.4 is 10.6 Å². The number of carboxylic acids is 1. The van der Waals surface area contributed by atoms with Crippen LogP contribution in [-0.2, 0) is 0 Å². The molecule has 1 atom stereocenters. The number of alkyl halides is 3. The van der Waals surface area contributed by atoms with Crippen molar-refractivity contribution in [3.8, 4) is 0 Å². The van der Waals surface area contributed by atoms with E-state index in [1.54, 1.807) is 0 Å². The minimum atomic E-state index is -4.38. The van der Waals surface area contributed by atoms with E-state index in [9.17, 15) is 22.8 Å². The van der Waals surface area contributed by atoms with Crippen LogP contribution in [0.5, 0.6) is 0 Å². The number of hydrogen-bond acceptors (Lipinski definition) is 2. The van der Waals surface area contributed by atoms with Gasteiger partial charge in [-0.1, -0.05) is 0 Å². The molecule has 0 heterocycles. The minimum absolute atomic E-state index is 0.0585. The molecule has 0 spiro atoms. The minimum Gasteiger partial charge on any atom is -0.478 e. The predicted octanol–water partition coefficient (Wildman–Crippen LogP) is 3.61. The SMILES string of the molecule is CC(CC(F)(F)F)NC(=O)Nc1cc(C(=O)O)ccc1Br. The normalized spacial score (nSPS) is 12.6. The van der Waals surface area contributed by atoms with Crippen molar-refractivity contribution in [3.63, 3.8) is 0 Å². The molecule has 0 aliphatic carbocycles. The van der Waals surface area contributed by atoms with Crippen LogP contribution in [0.2, 0.25) is 0 Å². The van der Waals surface area contributed by atoms with Gasteiger partial charge in [0.05, 0.1) is 17.7 Å². The maximum atomic E-state index is 12.1. The van der Waals surface area contributed by atoms with E-state index in [0.717, 1.165) is 0 Å². The zero-order valence-corrected chi connectivity index (χ0v) is 12.4. The summed E-state index contributed by atoms with van der Waals surface area (Å²) in [6, 6.07) is 1.97. The van der Waals surface area contributed by atoms with Crippen LogP contribution in [0.15, 0.2) is 22.7 Å². The van der Waals surface area contributed by atoms with Gasteiger partial charge < -0.3 is 15.7 Å². The van der Waals surface area contributed by atoms with Crippen LogP contribution in [0.1, 0.15) is 23.7 Å². The van der Waals surface area contributed by atoms with E-state index in [1.807, 2.05) is 0 Å². The van der Waals surface area contributed by atoms with Crippen molar-refractivity contribution in [1.29, 1.82) is 0 Å². The first-order valence-electron chi connectivity index (χ1n) is 5.75. The lowest BCUT2D eigenvalue weighted by Crippen LogP contribution is -2.38. The van der Waals surface area contributed by atoms with Crippen LogP contribution in [0.4, 0.5) is 23.7 Å². The van der Waals surface area contributed by atoms with Crippen molar-refractivity contribution < 1.29 is 27.9 Å². The van der Waals surface area contributed by atoms with E-state index < -0.39 is 30.6 Å². The Bertz CT molecular complexity index is 549. The summed E-state index contributed by atoms with van der Waals surface area (Å²) in [6.07, 6.45) is -5.53. The van der Waals surface area contributed by atoms with Crippen molar-refractivity contribution in [2.24, 2.45) is 0 Å². The summed E-state index contributed by atoms with van der Waals surface area (Å²) in [5, 5.41) is 13.3. The van der Waals surface area contributed by atoms with E-state index in [-0.39, 0.29) is 11.3 Å². The Balaban J connectivity index is 2.71. The number of aromatic carboxylic acids is 1. The van der Waals surface area contributed by atoms with Crippen LogP contribution in [0, 0.1) is 0 Å². The fourth-order valence-electron chi connectivity index (χ4n) is 1.53. The zero-order chi connectivity index (χ0) is 16.2. The highest BCUT2D eigenvalue weighted by atomic mass is 79.9. The molecule has 3 N–H and O–H groups in total. The molecule has 0 bridgehead atoms. The molecule has 5 nitrogen and oxygen atoms in total. The fourth-order valence-corrected chi connectivity index (χ4v) is 1.88. The van der Waals surface area contributed by atoms with Crippen LogP contribution >= 0.6 is 15.9 Å². The summed E-state index contributed by atoms with van der Waals surface area (Å²) in [6.45, 7) is 1.22. The number of carbonyl (C=O) groups is 2. The fraction of sp³-hybridized carbons (Fsp3) is 0.333. The number of benzene rings is 1. The number of carboxylic acid groups (broad SMARTS) is 1. The lowest BCUT2D eigenvalue weighted by molar-refractivity contribution is -0.138. The van der Waals surface area contributed by atoms with Crippen molar-refractivity contribution >= 4 is 33.6 Å². The molecule has 21 heavy (non-hydrogen) atoms. The number of nitrogens with one attached hydrogen (secondary N) is 2. The summed E-state index contributed by atoms with van der Waals surface area (Å²) in [4.78, 5) is 22.4. The molecular weight excluding hydrogens is 357 g/mol. The molecule has 116 valence electrons. The standard InChI is InChI=1S/C12H12BrF3N2O3/c1-6(5-12(14,15)16)17-11(21)18-9-4-7(10(19)20)2-3-8(9)13/h2-4,6H,5H2,1H3,(H,19,20)(H2,17,18,21). The van der Waals surface area contributed by atoms with Crippen LogP contribution in [-0.4, -0.2) is 29.3 Å². The largest absolute Gasteiger partial charge is 0.478 e. The second-order valence-electron chi connectivity index (χ2n) is 4.32. The summed E-state index contributed by atoms with van der Waals surface area (Å²) in [5.41, 5.74) is 0.0865. The van der Waals surface area contributed by atoms with Gasteiger partial charge in [-0.15, -0.1) is 0 Å². The monoisotopic (exact) mass is 368 g/mol. The number of halogens is 4. The van der Waals surface area contributed by atoms with Gasteiger partial charge in [0, 0.05) is 10.5 Å². The van der Waals surface area contributed by atoms with Gasteiger partial charge >= 0.3 is 18.2 Å². The Morgan fingerprint density at radius 1 is 1.38 bits per heavy atom. The van der Waals surface area contributed by atoms with E-state index in [2.05, 4.69) is 26.6 Å². The molecule has 0 saturated carbocycles. The number of hydrogen-bond donors (Lipinski definition) is 3. The lowest BCUT2D eigenvalue weighted by atomic mass is 10.2. The number of anilines is 1.